The van der Waals surface area contributed by atoms with Crippen molar-refractivity contribution in [2.75, 3.05) is 6.54 Å². The lowest BCUT2D eigenvalue weighted by atomic mass is 9.84. The summed E-state index contributed by atoms with van der Waals surface area (Å²) in [6.45, 7) is 1.40. The van der Waals surface area contributed by atoms with Crippen molar-refractivity contribution < 1.29 is 24.3 Å². The van der Waals surface area contributed by atoms with Crippen LogP contribution in [0.1, 0.15) is 51.9 Å². The summed E-state index contributed by atoms with van der Waals surface area (Å²) < 4.78 is 0. The van der Waals surface area contributed by atoms with Gasteiger partial charge in [-0.05, 0) is 25.2 Å². The summed E-state index contributed by atoms with van der Waals surface area (Å²) in [5.41, 5.74) is 5.56. The van der Waals surface area contributed by atoms with Crippen molar-refractivity contribution >= 4 is 23.6 Å². The molecule has 0 aromatic rings. The van der Waals surface area contributed by atoms with Gasteiger partial charge in [-0.1, -0.05) is 32.6 Å². The summed E-state index contributed by atoms with van der Waals surface area (Å²) in [6, 6.07) is -1.85. The molecule has 0 aromatic carbocycles. The standard InChI is InChI=1S/C16H27N3O5/c1-2-6-11(17)14(21)15(22)18-9-12(20)19-13(16(23)24)10-7-4-3-5-8-10/h10-11,13H,2-9,17H2,1H3,(H,18,22)(H,19,20)(H,23,24). The first-order valence-corrected chi connectivity index (χ1v) is 8.46. The van der Waals surface area contributed by atoms with Crippen LogP contribution in [0.25, 0.3) is 0 Å². The molecule has 8 heteroatoms. The van der Waals surface area contributed by atoms with Gasteiger partial charge in [0.15, 0.2) is 0 Å². The molecule has 0 saturated heterocycles. The summed E-state index contributed by atoms with van der Waals surface area (Å²) in [7, 11) is 0. The Bertz CT molecular complexity index is 474. The third-order valence-electron chi connectivity index (χ3n) is 4.27. The highest BCUT2D eigenvalue weighted by molar-refractivity contribution is 6.38. The van der Waals surface area contributed by atoms with Crippen molar-refractivity contribution in [3.05, 3.63) is 0 Å². The zero-order chi connectivity index (χ0) is 18.1. The Morgan fingerprint density at radius 1 is 1.17 bits per heavy atom. The van der Waals surface area contributed by atoms with Gasteiger partial charge in [0.1, 0.15) is 6.04 Å². The fourth-order valence-electron chi connectivity index (χ4n) is 2.93. The molecule has 8 nitrogen and oxygen atoms in total. The lowest BCUT2D eigenvalue weighted by Gasteiger charge is -2.28. The second-order valence-electron chi connectivity index (χ2n) is 6.22. The number of nitrogens with one attached hydrogen (secondary N) is 2. The van der Waals surface area contributed by atoms with Crippen LogP contribution in [0.2, 0.25) is 0 Å². The Morgan fingerprint density at radius 3 is 2.33 bits per heavy atom. The highest BCUT2D eigenvalue weighted by atomic mass is 16.4. The van der Waals surface area contributed by atoms with E-state index in [9.17, 15) is 24.3 Å². The predicted molar refractivity (Wildman–Crippen MR) is 87.0 cm³/mol. The normalized spacial score (nSPS) is 17.6. The first-order chi connectivity index (χ1) is 11.4. The monoisotopic (exact) mass is 341 g/mol. The van der Waals surface area contributed by atoms with Gasteiger partial charge in [0.2, 0.25) is 11.7 Å². The molecule has 1 aliphatic rings. The highest BCUT2D eigenvalue weighted by Crippen LogP contribution is 2.26. The summed E-state index contributed by atoms with van der Waals surface area (Å²) in [6.07, 6.45) is 5.55. The maximum absolute atomic E-state index is 11.9. The van der Waals surface area contributed by atoms with Gasteiger partial charge in [-0.15, -0.1) is 0 Å². The smallest absolute Gasteiger partial charge is 0.326 e. The van der Waals surface area contributed by atoms with E-state index in [0.29, 0.717) is 12.8 Å². The molecule has 2 unspecified atom stereocenters. The number of hydrogen-bond acceptors (Lipinski definition) is 5. The van der Waals surface area contributed by atoms with Crippen LogP contribution in [-0.2, 0) is 19.2 Å². The molecular formula is C16H27N3O5. The zero-order valence-electron chi connectivity index (χ0n) is 14.0. The number of carboxylic acid groups (broad SMARTS) is 1. The van der Waals surface area contributed by atoms with Crippen LogP contribution in [0, 0.1) is 5.92 Å². The van der Waals surface area contributed by atoms with Gasteiger partial charge in [0.05, 0.1) is 12.6 Å². The molecule has 1 saturated carbocycles. The molecule has 0 aromatic heterocycles. The van der Waals surface area contributed by atoms with Gasteiger partial charge < -0.3 is 21.5 Å². The molecule has 1 fully saturated rings. The number of aliphatic carboxylic acids is 1. The number of rotatable bonds is 9. The molecule has 24 heavy (non-hydrogen) atoms. The summed E-state index contributed by atoms with van der Waals surface area (Å²) >= 11 is 0. The molecule has 1 rings (SSSR count). The van der Waals surface area contributed by atoms with Crippen molar-refractivity contribution in [2.24, 2.45) is 11.7 Å². The topological polar surface area (TPSA) is 139 Å². The van der Waals surface area contributed by atoms with Crippen LogP contribution in [0.4, 0.5) is 0 Å². The lowest BCUT2D eigenvalue weighted by molar-refractivity contribution is -0.144. The first kappa shape index (κ1) is 20.1. The Kier molecular flexibility index (Phi) is 8.39. The summed E-state index contributed by atoms with van der Waals surface area (Å²) in [4.78, 5) is 46.6. The number of amides is 2. The SMILES string of the molecule is CCCC(N)C(=O)C(=O)NCC(=O)NC(C(=O)O)C1CCCCC1. The molecule has 0 aliphatic heterocycles. The maximum Gasteiger partial charge on any atom is 0.326 e. The van der Waals surface area contributed by atoms with E-state index in [1.54, 1.807) is 0 Å². The Hall–Kier alpha value is -1.96. The van der Waals surface area contributed by atoms with E-state index in [1.165, 1.54) is 0 Å². The van der Waals surface area contributed by atoms with Crippen LogP contribution in [0.15, 0.2) is 0 Å². The van der Waals surface area contributed by atoms with Crippen LogP contribution >= 0.6 is 0 Å². The fourth-order valence-corrected chi connectivity index (χ4v) is 2.93. The van der Waals surface area contributed by atoms with E-state index in [-0.39, 0.29) is 5.92 Å². The van der Waals surface area contributed by atoms with Gasteiger partial charge in [-0.3, -0.25) is 14.4 Å². The molecular weight excluding hydrogens is 314 g/mol. The molecule has 0 heterocycles. The number of Topliss-reactive ketones (excluding diaryl/α,β-unsaturated/α-hetero) is 1. The quantitative estimate of drug-likeness (QED) is 0.434. The van der Waals surface area contributed by atoms with Gasteiger partial charge in [-0.25, -0.2) is 4.79 Å². The zero-order valence-corrected chi connectivity index (χ0v) is 14.0. The van der Waals surface area contributed by atoms with E-state index in [1.807, 2.05) is 6.92 Å². The number of hydrogen-bond donors (Lipinski definition) is 4. The Balaban J connectivity index is 2.47. The van der Waals surface area contributed by atoms with Gasteiger partial charge in [0, 0.05) is 0 Å². The van der Waals surface area contributed by atoms with Gasteiger partial charge in [0.25, 0.3) is 5.91 Å². The second-order valence-corrected chi connectivity index (χ2v) is 6.22. The van der Waals surface area contributed by atoms with E-state index < -0.39 is 42.2 Å². The number of carbonyl (C=O) groups is 4. The molecule has 0 bridgehead atoms. The summed E-state index contributed by atoms with van der Waals surface area (Å²) in [5.74, 6) is -3.50. The van der Waals surface area contributed by atoms with Crippen LogP contribution in [0.3, 0.4) is 0 Å². The number of carbonyl (C=O) groups excluding carboxylic acids is 3. The Labute approximate surface area is 141 Å². The van der Waals surface area contributed by atoms with Crippen molar-refractivity contribution in [1.29, 1.82) is 0 Å². The largest absolute Gasteiger partial charge is 0.480 e. The fraction of sp³-hybridized carbons (Fsp3) is 0.750. The molecule has 0 spiro atoms. The van der Waals surface area contributed by atoms with Gasteiger partial charge in [-0.2, -0.15) is 0 Å². The molecule has 5 N–H and O–H groups in total. The van der Waals surface area contributed by atoms with E-state index in [4.69, 9.17) is 5.73 Å². The van der Waals surface area contributed by atoms with Crippen molar-refractivity contribution in [3.63, 3.8) is 0 Å². The van der Waals surface area contributed by atoms with Gasteiger partial charge >= 0.3 is 5.97 Å². The second kappa shape index (κ2) is 10.0. The molecule has 0 radical (unpaired) electrons. The minimum Gasteiger partial charge on any atom is -0.480 e. The number of carboxylic acids is 1. The van der Waals surface area contributed by atoms with Crippen LogP contribution in [-0.4, -0.2) is 47.3 Å². The first-order valence-electron chi connectivity index (χ1n) is 8.46. The molecule has 2 amide bonds. The van der Waals surface area contributed by atoms with Crippen molar-refractivity contribution in [3.8, 4) is 0 Å². The average Bonchev–Trinajstić information content (AvgIpc) is 2.57. The van der Waals surface area contributed by atoms with Crippen molar-refractivity contribution in [1.82, 2.24) is 10.6 Å². The van der Waals surface area contributed by atoms with E-state index >= 15 is 0 Å². The maximum atomic E-state index is 11.9. The average molecular weight is 341 g/mol. The van der Waals surface area contributed by atoms with Crippen LogP contribution in [0.5, 0.6) is 0 Å². The molecule has 1 aliphatic carbocycles. The number of nitrogens with two attached hydrogens (primary N) is 1. The minimum absolute atomic E-state index is 0.101. The lowest BCUT2D eigenvalue weighted by Crippen LogP contribution is -2.51. The minimum atomic E-state index is -1.08. The van der Waals surface area contributed by atoms with Crippen molar-refractivity contribution in [2.45, 2.75) is 64.0 Å². The predicted octanol–water partition coefficient (Wildman–Crippen LogP) is -0.0512. The highest BCUT2D eigenvalue weighted by Gasteiger charge is 2.31. The molecule has 136 valence electrons. The third-order valence-corrected chi connectivity index (χ3v) is 4.27. The van der Waals surface area contributed by atoms with E-state index in [2.05, 4.69) is 10.6 Å². The third kappa shape index (κ3) is 6.27. The van der Waals surface area contributed by atoms with Crippen LogP contribution < -0.4 is 16.4 Å². The number of ketones is 1. The van der Waals surface area contributed by atoms with E-state index in [0.717, 1.165) is 32.1 Å². The Morgan fingerprint density at radius 2 is 1.79 bits per heavy atom. The summed E-state index contributed by atoms with van der Waals surface area (Å²) in [5, 5.41) is 13.9. The molecule has 2 atom stereocenters.